The van der Waals surface area contributed by atoms with E-state index in [0.29, 0.717) is 18.4 Å². The first-order valence-corrected chi connectivity index (χ1v) is 4.77. The molecule has 12 heavy (non-hydrogen) atoms. The van der Waals surface area contributed by atoms with Gasteiger partial charge in [-0.1, -0.05) is 0 Å². The Kier molecular flexibility index (Phi) is 4.58. The van der Waals surface area contributed by atoms with Crippen molar-refractivity contribution in [2.24, 2.45) is 17.6 Å². The molecule has 0 aromatic carbocycles. The van der Waals surface area contributed by atoms with Crippen molar-refractivity contribution < 1.29 is 9.84 Å². The first-order valence-electron chi connectivity index (χ1n) is 4.77. The van der Waals surface area contributed by atoms with E-state index in [1.165, 1.54) is 6.42 Å². The number of nitrogens with two attached hydrogens (primary N) is 1. The van der Waals surface area contributed by atoms with Gasteiger partial charge in [-0.15, -0.1) is 0 Å². The van der Waals surface area contributed by atoms with Crippen molar-refractivity contribution in [2.45, 2.75) is 19.3 Å². The molecular weight excluding hydrogens is 154 g/mol. The summed E-state index contributed by atoms with van der Waals surface area (Å²) in [6, 6.07) is 0. The summed E-state index contributed by atoms with van der Waals surface area (Å²) < 4.78 is 5.37. The van der Waals surface area contributed by atoms with Gasteiger partial charge in [0.2, 0.25) is 0 Å². The Morgan fingerprint density at radius 1 is 1.58 bits per heavy atom. The van der Waals surface area contributed by atoms with E-state index in [2.05, 4.69) is 0 Å². The topological polar surface area (TPSA) is 55.5 Å². The molecule has 1 rings (SSSR count). The van der Waals surface area contributed by atoms with Crippen molar-refractivity contribution in [2.75, 3.05) is 26.4 Å². The molecule has 1 fully saturated rings. The van der Waals surface area contributed by atoms with Crippen LogP contribution in [0.3, 0.4) is 0 Å². The molecule has 1 saturated heterocycles. The van der Waals surface area contributed by atoms with Crippen molar-refractivity contribution in [3.05, 3.63) is 0 Å². The summed E-state index contributed by atoms with van der Waals surface area (Å²) in [5, 5.41) is 8.80. The number of rotatable bonds is 4. The number of aliphatic hydroxyl groups is 1. The summed E-state index contributed by atoms with van der Waals surface area (Å²) >= 11 is 0. The second kappa shape index (κ2) is 5.51. The van der Waals surface area contributed by atoms with E-state index in [1.807, 2.05) is 0 Å². The normalized spacial score (nSPS) is 27.0. The van der Waals surface area contributed by atoms with Gasteiger partial charge in [0.05, 0.1) is 0 Å². The largest absolute Gasteiger partial charge is 0.396 e. The minimum atomic E-state index is 0.248. The molecule has 3 heteroatoms. The van der Waals surface area contributed by atoms with Crippen LogP contribution in [0.15, 0.2) is 0 Å². The lowest BCUT2D eigenvalue weighted by molar-refractivity contribution is 0.0270. The molecule has 1 aliphatic heterocycles. The van der Waals surface area contributed by atoms with Crippen LogP contribution in [0.5, 0.6) is 0 Å². The van der Waals surface area contributed by atoms with Gasteiger partial charge < -0.3 is 15.6 Å². The van der Waals surface area contributed by atoms with E-state index in [9.17, 15) is 0 Å². The molecule has 1 aliphatic rings. The molecule has 0 aromatic rings. The zero-order chi connectivity index (χ0) is 8.81. The Balaban J connectivity index is 2.29. The maximum Gasteiger partial charge on any atom is 0.0497 e. The SMILES string of the molecule is NCC(CCO)C1CCCOC1. The van der Waals surface area contributed by atoms with Gasteiger partial charge in [-0.3, -0.25) is 0 Å². The molecule has 2 unspecified atom stereocenters. The molecule has 3 nitrogen and oxygen atoms in total. The van der Waals surface area contributed by atoms with Crippen molar-refractivity contribution in [1.29, 1.82) is 0 Å². The van der Waals surface area contributed by atoms with Gasteiger partial charge in [0.15, 0.2) is 0 Å². The Bertz CT molecular complexity index is 110. The Hall–Kier alpha value is -0.120. The lowest BCUT2D eigenvalue weighted by atomic mass is 9.86. The van der Waals surface area contributed by atoms with E-state index in [-0.39, 0.29) is 6.61 Å². The van der Waals surface area contributed by atoms with Gasteiger partial charge in [0, 0.05) is 19.8 Å². The van der Waals surface area contributed by atoms with Gasteiger partial charge in [-0.2, -0.15) is 0 Å². The Morgan fingerprint density at radius 2 is 2.42 bits per heavy atom. The first kappa shape index (κ1) is 9.96. The molecule has 0 amide bonds. The third-order valence-electron chi connectivity index (χ3n) is 2.66. The third kappa shape index (κ3) is 2.73. The highest BCUT2D eigenvalue weighted by Gasteiger charge is 2.22. The highest BCUT2D eigenvalue weighted by Crippen LogP contribution is 2.23. The molecule has 0 bridgehead atoms. The van der Waals surface area contributed by atoms with Crippen LogP contribution in [-0.4, -0.2) is 31.5 Å². The predicted octanol–water partition coefficient (Wildman–Crippen LogP) is 0.370. The fraction of sp³-hybridized carbons (Fsp3) is 1.00. The van der Waals surface area contributed by atoms with E-state index in [4.69, 9.17) is 15.6 Å². The predicted molar refractivity (Wildman–Crippen MR) is 47.8 cm³/mol. The molecule has 0 aliphatic carbocycles. The van der Waals surface area contributed by atoms with E-state index in [0.717, 1.165) is 26.1 Å². The maximum atomic E-state index is 8.80. The molecule has 1 heterocycles. The van der Waals surface area contributed by atoms with Gasteiger partial charge >= 0.3 is 0 Å². The molecule has 2 atom stereocenters. The van der Waals surface area contributed by atoms with Crippen molar-refractivity contribution >= 4 is 0 Å². The molecular formula is C9H19NO2. The maximum absolute atomic E-state index is 8.80. The third-order valence-corrected chi connectivity index (χ3v) is 2.66. The van der Waals surface area contributed by atoms with Crippen LogP contribution >= 0.6 is 0 Å². The quantitative estimate of drug-likeness (QED) is 0.646. The molecule has 3 N–H and O–H groups in total. The number of aliphatic hydroxyl groups excluding tert-OH is 1. The van der Waals surface area contributed by atoms with Crippen LogP contribution in [0.2, 0.25) is 0 Å². The van der Waals surface area contributed by atoms with Gasteiger partial charge in [-0.25, -0.2) is 0 Å². The zero-order valence-electron chi connectivity index (χ0n) is 7.54. The Morgan fingerprint density at radius 3 is 2.92 bits per heavy atom. The van der Waals surface area contributed by atoms with E-state index in [1.54, 1.807) is 0 Å². The lowest BCUT2D eigenvalue weighted by Crippen LogP contribution is -2.30. The van der Waals surface area contributed by atoms with Crippen LogP contribution in [0.1, 0.15) is 19.3 Å². The van der Waals surface area contributed by atoms with Crippen LogP contribution < -0.4 is 5.73 Å². The number of hydrogen-bond donors (Lipinski definition) is 2. The van der Waals surface area contributed by atoms with Crippen molar-refractivity contribution in [1.82, 2.24) is 0 Å². The van der Waals surface area contributed by atoms with Gasteiger partial charge in [0.1, 0.15) is 0 Å². The smallest absolute Gasteiger partial charge is 0.0497 e. The van der Waals surface area contributed by atoms with Crippen LogP contribution in [0.25, 0.3) is 0 Å². The summed E-state index contributed by atoms with van der Waals surface area (Å²) in [4.78, 5) is 0. The molecule has 0 aromatic heterocycles. The first-order chi connectivity index (χ1) is 5.88. The standard InChI is InChI=1S/C9H19NO2/c10-6-8(3-4-11)9-2-1-5-12-7-9/h8-9,11H,1-7,10H2. The van der Waals surface area contributed by atoms with Gasteiger partial charge in [-0.05, 0) is 37.6 Å². The monoisotopic (exact) mass is 173 g/mol. The molecule has 72 valence electrons. The van der Waals surface area contributed by atoms with Crippen LogP contribution in [-0.2, 0) is 4.74 Å². The van der Waals surface area contributed by atoms with Crippen LogP contribution in [0.4, 0.5) is 0 Å². The zero-order valence-corrected chi connectivity index (χ0v) is 7.54. The van der Waals surface area contributed by atoms with Crippen molar-refractivity contribution in [3.63, 3.8) is 0 Å². The highest BCUT2D eigenvalue weighted by molar-refractivity contribution is 4.73. The second-order valence-electron chi connectivity index (χ2n) is 3.49. The highest BCUT2D eigenvalue weighted by atomic mass is 16.5. The van der Waals surface area contributed by atoms with Gasteiger partial charge in [0.25, 0.3) is 0 Å². The minimum absolute atomic E-state index is 0.248. The van der Waals surface area contributed by atoms with Crippen LogP contribution in [0, 0.1) is 11.8 Å². The summed E-state index contributed by atoms with van der Waals surface area (Å²) in [6.45, 7) is 2.65. The minimum Gasteiger partial charge on any atom is -0.396 e. The molecule has 0 saturated carbocycles. The van der Waals surface area contributed by atoms with E-state index < -0.39 is 0 Å². The number of ether oxygens (including phenoxy) is 1. The fourth-order valence-electron chi connectivity index (χ4n) is 1.85. The summed E-state index contributed by atoms with van der Waals surface area (Å²) in [5.74, 6) is 1.03. The summed E-state index contributed by atoms with van der Waals surface area (Å²) in [6.07, 6.45) is 3.18. The summed E-state index contributed by atoms with van der Waals surface area (Å²) in [5.41, 5.74) is 5.62. The summed E-state index contributed by atoms with van der Waals surface area (Å²) in [7, 11) is 0. The number of hydrogen-bond acceptors (Lipinski definition) is 3. The average Bonchev–Trinajstić information content (AvgIpc) is 2.15. The lowest BCUT2D eigenvalue weighted by Gasteiger charge is -2.28. The molecule has 0 radical (unpaired) electrons. The molecule has 0 spiro atoms. The van der Waals surface area contributed by atoms with E-state index >= 15 is 0 Å². The Labute approximate surface area is 73.9 Å². The fourth-order valence-corrected chi connectivity index (χ4v) is 1.85. The van der Waals surface area contributed by atoms with Crippen molar-refractivity contribution in [3.8, 4) is 0 Å². The second-order valence-corrected chi connectivity index (χ2v) is 3.49. The average molecular weight is 173 g/mol.